The van der Waals surface area contributed by atoms with Crippen LogP contribution < -0.4 is 16.0 Å². The molecule has 5 heteroatoms. The maximum Gasteiger partial charge on any atom is 0.0812 e. The van der Waals surface area contributed by atoms with Crippen LogP contribution in [0.1, 0.15) is 36.7 Å². The Morgan fingerprint density at radius 2 is 1.48 bits per heavy atom. The molecule has 4 aromatic carbocycles. The van der Waals surface area contributed by atoms with Crippen LogP contribution in [0.25, 0.3) is 43.9 Å². The molecule has 246 valence electrons. The van der Waals surface area contributed by atoms with Crippen LogP contribution in [0, 0.1) is 11.8 Å². The summed E-state index contributed by atoms with van der Waals surface area (Å²) in [5.74, 6) is 0.799. The Labute approximate surface area is 293 Å². The fraction of sp³-hybridized carbons (Fsp3) is 0.200. The van der Waals surface area contributed by atoms with Crippen LogP contribution >= 0.6 is 0 Å². The summed E-state index contributed by atoms with van der Waals surface area (Å²) in [6, 6.07) is 33.2. The zero-order valence-electron chi connectivity index (χ0n) is 28.3. The van der Waals surface area contributed by atoms with E-state index in [9.17, 15) is 0 Å². The molecule has 2 aliphatic heterocycles. The van der Waals surface area contributed by atoms with Crippen molar-refractivity contribution in [2.24, 2.45) is 11.8 Å². The van der Waals surface area contributed by atoms with Crippen LogP contribution in [-0.2, 0) is 5.41 Å². The second-order valence-electron chi connectivity index (χ2n) is 14.7. The number of benzene rings is 4. The van der Waals surface area contributed by atoms with Crippen LogP contribution in [0.2, 0.25) is 0 Å². The Bertz CT molecular complexity index is 2360. The van der Waals surface area contributed by atoms with Crippen LogP contribution in [-0.4, -0.2) is 23.4 Å². The lowest BCUT2D eigenvalue weighted by atomic mass is 9.82. The molecule has 5 aromatic rings. The van der Waals surface area contributed by atoms with Gasteiger partial charge in [-0.05, 0) is 64.3 Å². The van der Waals surface area contributed by atoms with Crippen LogP contribution in [0.4, 0.5) is 0 Å². The van der Waals surface area contributed by atoms with E-state index in [1.165, 1.54) is 60.9 Å². The SMILES string of the molecule is CC1(C)c2ccccc2-c2cc3c4ccccc4n(C4=CC=C(C5[N-]C(c6ccccc6)NC(C6=CC7C=CC=CC7C=C6)N5)NC4)c3cc21. The summed E-state index contributed by atoms with van der Waals surface area (Å²) in [4.78, 5) is 0. The first-order valence-electron chi connectivity index (χ1n) is 17.9. The lowest BCUT2D eigenvalue weighted by Gasteiger charge is -2.51. The standard InChI is InChI=1S/C45H40N5/c1-45(2)37-18-10-8-16-33(37)35-25-36-34-17-9-11-19-40(34)50(41(36)26-38(35)45)32-22-23-39(46-27-32)44-48-42(29-13-4-3-5-14-29)47-43(49-44)31-21-20-28-12-6-7-15-30(28)24-31/h3-26,28,30,42-44,46-47,49H,27H2,1-2H3/q-1. The van der Waals surface area contributed by atoms with E-state index in [0.29, 0.717) is 18.4 Å². The number of fused-ring (bicyclic) bond motifs is 7. The summed E-state index contributed by atoms with van der Waals surface area (Å²) in [6.07, 6.45) is 20.0. The molecule has 0 saturated carbocycles. The molecule has 1 aromatic heterocycles. The predicted molar refractivity (Wildman–Crippen MR) is 206 cm³/mol. The molecule has 3 aliphatic carbocycles. The number of rotatable bonds is 4. The summed E-state index contributed by atoms with van der Waals surface area (Å²) in [6.45, 7) is 5.42. The molecule has 0 radical (unpaired) electrons. The Kier molecular flexibility index (Phi) is 6.79. The molecule has 3 N–H and O–H groups in total. The largest absolute Gasteiger partial charge is 0.623 e. The zero-order chi connectivity index (χ0) is 33.4. The van der Waals surface area contributed by atoms with Crippen molar-refractivity contribution < 1.29 is 0 Å². The van der Waals surface area contributed by atoms with Crippen molar-refractivity contribution in [3.8, 4) is 11.1 Å². The Balaban J connectivity index is 1.03. The summed E-state index contributed by atoms with van der Waals surface area (Å²) in [7, 11) is 0. The minimum Gasteiger partial charge on any atom is -0.623 e. The van der Waals surface area contributed by atoms with E-state index >= 15 is 0 Å². The van der Waals surface area contributed by atoms with E-state index in [2.05, 4.69) is 180 Å². The van der Waals surface area contributed by atoms with Gasteiger partial charge < -0.3 is 25.8 Å². The molecule has 0 amide bonds. The number of nitrogens with zero attached hydrogens (tertiary/aromatic N) is 2. The monoisotopic (exact) mass is 650 g/mol. The molecule has 5 atom stereocenters. The first kappa shape index (κ1) is 29.7. The van der Waals surface area contributed by atoms with Gasteiger partial charge in [0.25, 0.3) is 0 Å². The molecule has 1 saturated heterocycles. The molecular weight excluding hydrogens is 611 g/mol. The molecule has 10 rings (SSSR count). The van der Waals surface area contributed by atoms with Crippen molar-refractivity contribution in [3.63, 3.8) is 0 Å². The number of dihydropyridines is 1. The molecule has 3 heterocycles. The average molecular weight is 651 g/mol. The Hall–Kier alpha value is -5.20. The maximum atomic E-state index is 5.30. The quantitative estimate of drug-likeness (QED) is 0.182. The van der Waals surface area contributed by atoms with Gasteiger partial charge in [0, 0.05) is 39.4 Å². The van der Waals surface area contributed by atoms with Gasteiger partial charge in [0.05, 0.1) is 23.7 Å². The highest BCUT2D eigenvalue weighted by Gasteiger charge is 2.36. The van der Waals surface area contributed by atoms with Gasteiger partial charge in [0.15, 0.2) is 0 Å². The molecule has 1 fully saturated rings. The Morgan fingerprint density at radius 3 is 2.34 bits per heavy atom. The number of hydrogen-bond acceptors (Lipinski definition) is 3. The highest BCUT2D eigenvalue weighted by atomic mass is 15.4. The van der Waals surface area contributed by atoms with Gasteiger partial charge >= 0.3 is 0 Å². The smallest absolute Gasteiger partial charge is 0.0812 e. The first-order valence-corrected chi connectivity index (χ1v) is 17.9. The van der Waals surface area contributed by atoms with Gasteiger partial charge in [-0.25, -0.2) is 0 Å². The molecular formula is C45H40N5-. The third kappa shape index (κ3) is 4.65. The topological polar surface area (TPSA) is 55.1 Å². The van der Waals surface area contributed by atoms with Crippen molar-refractivity contribution in [2.45, 2.75) is 37.8 Å². The van der Waals surface area contributed by atoms with Crippen molar-refractivity contribution in [3.05, 3.63) is 179 Å². The van der Waals surface area contributed by atoms with Gasteiger partial charge in [0.1, 0.15) is 0 Å². The molecule has 0 spiro atoms. The highest BCUT2D eigenvalue weighted by Crippen LogP contribution is 2.51. The fourth-order valence-corrected chi connectivity index (χ4v) is 8.78. The maximum absolute atomic E-state index is 5.30. The van der Waals surface area contributed by atoms with E-state index in [1.807, 2.05) is 0 Å². The minimum absolute atomic E-state index is 0.0424. The number of aromatic nitrogens is 1. The van der Waals surface area contributed by atoms with Crippen LogP contribution in [0.5, 0.6) is 0 Å². The fourth-order valence-electron chi connectivity index (χ4n) is 8.78. The van der Waals surface area contributed by atoms with E-state index in [0.717, 1.165) is 5.70 Å². The summed E-state index contributed by atoms with van der Waals surface area (Å²) >= 11 is 0. The van der Waals surface area contributed by atoms with Crippen molar-refractivity contribution in [2.75, 3.05) is 6.54 Å². The summed E-state index contributed by atoms with van der Waals surface area (Å²) < 4.78 is 2.47. The van der Waals surface area contributed by atoms with E-state index < -0.39 is 0 Å². The van der Waals surface area contributed by atoms with E-state index in [-0.39, 0.29) is 23.9 Å². The highest BCUT2D eigenvalue weighted by molar-refractivity contribution is 6.12. The molecule has 0 bridgehead atoms. The van der Waals surface area contributed by atoms with Gasteiger partial charge in [0.2, 0.25) is 0 Å². The second-order valence-corrected chi connectivity index (χ2v) is 14.7. The van der Waals surface area contributed by atoms with Crippen LogP contribution in [0.3, 0.4) is 0 Å². The number of para-hydroxylation sites is 1. The van der Waals surface area contributed by atoms with Crippen molar-refractivity contribution in [1.29, 1.82) is 0 Å². The minimum atomic E-state index is -0.196. The van der Waals surface area contributed by atoms with Crippen molar-refractivity contribution in [1.82, 2.24) is 20.5 Å². The lowest BCUT2D eigenvalue weighted by Crippen LogP contribution is -2.57. The number of hydrogen-bond donors (Lipinski definition) is 3. The van der Waals surface area contributed by atoms with Crippen LogP contribution in [0.15, 0.2) is 157 Å². The second kappa shape index (κ2) is 11.4. The number of allylic oxidation sites excluding steroid dienone is 8. The number of nitrogens with one attached hydrogen (secondary N) is 3. The van der Waals surface area contributed by atoms with E-state index in [1.54, 1.807) is 0 Å². The molecule has 5 unspecified atom stereocenters. The van der Waals surface area contributed by atoms with E-state index in [4.69, 9.17) is 5.32 Å². The normalized spacial score (nSPS) is 26.1. The van der Waals surface area contributed by atoms with Gasteiger partial charge in [-0.3, -0.25) is 0 Å². The zero-order valence-corrected chi connectivity index (χ0v) is 28.3. The predicted octanol–water partition coefficient (Wildman–Crippen LogP) is 9.20. The van der Waals surface area contributed by atoms with Gasteiger partial charge in [-0.15, -0.1) is 0 Å². The first-order chi connectivity index (χ1) is 24.5. The average Bonchev–Trinajstić information content (AvgIpc) is 3.62. The van der Waals surface area contributed by atoms with Crippen molar-refractivity contribution >= 4 is 27.5 Å². The molecule has 5 nitrogen and oxygen atoms in total. The molecule has 5 aliphatic rings. The Morgan fingerprint density at radius 1 is 0.700 bits per heavy atom. The van der Waals surface area contributed by atoms with Gasteiger partial charge in [-0.2, -0.15) is 0 Å². The summed E-state index contributed by atoms with van der Waals surface area (Å²) in [5.41, 5.74) is 12.7. The van der Waals surface area contributed by atoms with Gasteiger partial charge in [-0.1, -0.05) is 141 Å². The third-order valence-electron chi connectivity index (χ3n) is 11.4. The lowest BCUT2D eigenvalue weighted by molar-refractivity contribution is 0.353. The third-order valence-corrected chi connectivity index (χ3v) is 11.4. The summed E-state index contributed by atoms with van der Waals surface area (Å²) in [5, 5.41) is 19.3. The molecule has 50 heavy (non-hydrogen) atoms.